The first-order valence-corrected chi connectivity index (χ1v) is 11.7. The first-order valence-electron chi connectivity index (χ1n) is 8.81. The van der Waals surface area contributed by atoms with E-state index in [4.69, 9.17) is 0 Å². The van der Waals surface area contributed by atoms with Crippen molar-refractivity contribution < 1.29 is 16.8 Å². The molecule has 0 saturated heterocycles. The highest BCUT2D eigenvalue weighted by molar-refractivity contribution is 8.10. The van der Waals surface area contributed by atoms with Gasteiger partial charge in [0.25, 0.3) is 20.0 Å². The number of rotatable bonds is 5. The van der Waals surface area contributed by atoms with E-state index in [9.17, 15) is 16.8 Å². The molecule has 0 fully saturated rings. The van der Waals surface area contributed by atoms with Crippen molar-refractivity contribution >= 4 is 36.5 Å². The molecule has 146 valence electrons. The molecule has 0 N–H and O–H groups in total. The van der Waals surface area contributed by atoms with Gasteiger partial charge in [0.05, 0.1) is 15.5 Å². The van der Waals surface area contributed by atoms with E-state index < -0.39 is 20.0 Å². The third-order valence-corrected chi connectivity index (χ3v) is 8.66. The molecule has 0 aliphatic heterocycles. The second-order valence-electron chi connectivity index (χ2n) is 6.33. The van der Waals surface area contributed by atoms with Crippen LogP contribution in [0.3, 0.4) is 0 Å². The lowest BCUT2D eigenvalue weighted by atomic mass is 10.1. The lowest BCUT2D eigenvalue weighted by Gasteiger charge is -2.25. The fourth-order valence-corrected chi connectivity index (χ4v) is 6.90. The van der Waals surface area contributed by atoms with Crippen molar-refractivity contribution in [1.82, 2.24) is 0 Å². The highest BCUT2D eigenvalue weighted by Gasteiger charge is 2.37. The van der Waals surface area contributed by atoms with Gasteiger partial charge in [-0.1, -0.05) is 72.8 Å². The normalized spacial score (nSPS) is 12.0. The highest BCUT2D eigenvalue weighted by Crippen LogP contribution is 2.35. The molecule has 0 saturated carbocycles. The Hall–Kier alpha value is -3.16. The Morgan fingerprint density at radius 2 is 0.931 bits per heavy atom. The van der Waals surface area contributed by atoms with Gasteiger partial charge in [0.2, 0.25) is 0 Å². The van der Waals surface area contributed by atoms with Gasteiger partial charge < -0.3 is 0 Å². The van der Waals surface area contributed by atoms with Gasteiger partial charge in [-0.05, 0) is 35.7 Å². The topological polar surface area (TPSA) is 71.5 Å². The van der Waals surface area contributed by atoms with Gasteiger partial charge in [-0.15, -0.1) is 0 Å². The third-order valence-electron chi connectivity index (χ3n) is 4.48. The number of hydrogen-bond acceptors (Lipinski definition) is 4. The van der Waals surface area contributed by atoms with Crippen LogP contribution >= 0.6 is 0 Å². The van der Waals surface area contributed by atoms with Crippen molar-refractivity contribution in [2.45, 2.75) is 9.79 Å². The van der Waals surface area contributed by atoms with E-state index in [2.05, 4.69) is 0 Å². The molecule has 0 aromatic heterocycles. The smallest absolute Gasteiger partial charge is 0.200 e. The van der Waals surface area contributed by atoms with Crippen LogP contribution < -0.4 is 3.71 Å². The van der Waals surface area contributed by atoms with Crippen LogP contribution in [0.2, 0.25) is 0 Å². The largest absolute Gasteiger partial charge is 0.277 e. The van der Waals surface area contributed by atoms with Crippen LogP contribution in [0.15, 0.2) is 113 Å². The maximum Gasteiger partial charge on any atom is 0.277 e. The summed E-state index contributed by atoms with van der Waals surface area (Å²) in [4.78, 5) is -0.208. The summed E-state index contributed by atoms with van der Waals surface area (Å²) in [7, 11) is -8.81. The molecule has 0 aliphatic carbocycles. The minimum atomic E-state index is -4.41. The van der Waals surface area contributed by atoms with Crippen LogP contribution in [-0.4, -0.2) is 16.8 Å². The average Bonchev–Trinajstić information content (AvgIpc) is 2.75. The van der Waals surface area contributed by atoms with Gasteiger partial charge in [0.1, 0.15) is 0 Å². The number of nitrogens with zero attached hydrogens (tertiary/aromatic N) is 1. The van der Waals surface area contributed by atoms with E-state index in [-0.39, 0.29) is 15.5 Å². The second kappa shape index (κ2) is 7.35. The van der Waals surface area contributed by atoms with Crippen LogP contribution in [0.4, 0.5) is 5.69 Å². The van der Waals surface area contributed by atoms with Crippen LogP contribution in [0.25, 0.3) is 10.8 Å². The zero-order valence-corrected chi connectivity index (χ0v) is 16.8. The molecule has 7 heteroatoms. The van der Waals surface area contributed by atoms with Gasteiger partial charge in [-0.25, -0.2) is 16.8 Å². The van der Waals surface area contributed by atoms with Gasteiger partial charge in [-0.2, -0.15) is 3.71 Å². The van der Waals surface area contributed by atoms with E-state index in [0.717, 1.165) is 5.39 Å². The summed E-state index contributed by atoms with van der Waals surface area (Å²) < 4.78 is 54.7. The molecule has 4 rings (SSSR count). The molecule has 4 aromatic rings. The highest BCUT2D eigenvalue weighted by atomic mass is 32.3. The summed E-state index contributed by atoms with van der Waals surface area (Å²) in [6.07, 6.45) is 0. The number of benzene rings is 4. The predicted octanol–water partition coefficient (Wildman–Crippen LogP) is 4.42. The van der Waals surface area contributed by atoms with Crippen LogP contribution in [0.1, 0.15) is 0 Å². The van der Waals surface area contributed by atoms with E-state index in [1.807, 2.05) is 6.07 Å². The Morgan fingerprint density at radius 1 is 0.483 bits per heavy atom. The second-order valence-corrected chi connectivity index (χ2v) is 10.1. The van der Waals surface area contributed by atoms with Crippen LogP contribution in [0, 0.1) is 0 Å². The van der Waals surface area contributed by atoms with Crippen LogP contribution in [0.5, 0.6) is 0 Å². The Bertz CT molecular complexity index is 1290. The zero-order valence-electron chi connectivity index (χ0n) is 15.2. The first-order chi connectivity index (χ1) is 13.9. The Morgan fingerprint density at radius 3 is 1.48 bits per heavy atom. The average molecular weight is 424 g/mol. The summed E-state index contributed by atoms with van der Waals surface area (Å²) in [5.41, 5.74) is 0.0795. The van der Waals surface area contributed by atoms with Crippen molar-refractivity contribution in [3.05, 3.63) is 103 Å². The lowest BCUT2D eigenvalue weighted by Crippen LogP contribution is -2.37. The first kappa shape index (κ1) is 19.2. The third kappa shape index (κ3) is 3.39. The summed E-state index contributed by atoms with van der Waals surface area (Å²) in [5.74, 6) is 0. The van der Waals surface area contributed by atoms with Crippen molar-refractivity contribution in [2.24, 2.45) is 0 Å². The van der Waals surface area contributed by atoms with Crippen molar-refractivity contribution in [1.29, 1.82) is 0 Å². The van der Waals surface area contributed by atoms with Crippen molar-refractivity contribution in [2.75, 3.05) is 3.71 Å². The fraction of sp³-hybridized carbons (Fsp3) is 0. The minimum Gasteiger partial charge on any atom is -0.200 e. The molecule has 0 spiro atoms. The van der Waals surface area contributed by atoms with E-state index >= 15 is 0 Å². The lowest BCUT2D eigenvalue weighted by molar-refractivity contribution is 0.584. The van der Waals surface area contributed by atoms with Gasteiger partial charge in [0, 0.05) is 5.39 Å². The molecule has 29 heavy (non-hydrogen) atoms. The number of fused-ring (bicyclic) bond motifs is 1. The standard InChI is InChI=1S/C22H17NO4S2/c24-28(25,19-12-3-1-4-13-19)23(29(26,27)20-14-5-2-6-15-20)22-17-9-11-18-10-7-8-16-21(18)22/h1-17H. The Balaban J connectivity index is 2.06. The van der Waals surface area contributed by atoms with Gasteiger partial charge in [0.15, 0.2) is 0 Å². The van der Waals surface area contributed by atoms with Crippen LogP contribution in [-0.2, 0) is 20.0 Å². The molecule has 0 radical (unpaired) electrons. The van der Waals surface area contributed by atoms with Gasteiger partial charge in [-0.3, -0.25) is 0 Å². The number of anilines is 1. The molecule has 0 aliphatic rings. The van der Waals surface area contributed by atoms with E-state index in [1.165, 1.54) is 30.3 Å². The SMILES string of the molecule is O=S(=O)(c1ccccc1)N(c1cccc2ccccc12)S(=O)(=O)c1ccccc1. The molecular formula is C22H17NO4S2. The zero-order chi connectivity index (χ0) is 20.5. The predicted molar refractivity (Wildman–Crippen MR) is 114 cm³/mol. The summed E-state index contributed by atoms with van der Waals surface area (Å²) in [6, 6.07) is 27.1. The number of sulfonamides is 2. The van der Waals surface area contributed by atoms with Crippen molar-refractivity contribution in [3.8, 4) is 0 Å². The molecule has 4 aromatic carbocycles. The molecule has 5 nitrogen and oxygen atoms in total. The van der Waals surface area contributed by atoms with Gasteiger partial charge >= 0.3 is 0 Å². The minimum absolute atomic E-state index is 0.0795. The molecule has 0 bridgehead atoms. The Labute approximate surface area is 170 Å². The molecular weight excluding hydrogens is 406 g/mol. The summed E-state index contributed by atoms with van der Waals surface area (Å²) in [5, 5.41) is 1.26. The maximum atomic E-state index is 13.5. The summed E-state index contributed by atoms with van der Waals surface area (Å²) >= 11 is 0. The molecule has 0 heterocycles. The fourth-order valence-electron chi connectivity index (χ4n) is 3.13. The molecule has 0 unspecified atom stereocenters. The van der Waals surface area contributed by atoms with E-state index in [1.54, 1.807) is 66.7 Å². The summed E-state index contributed by atoms with van der Waals surface area (Å²) in [6.45, 7) is 0. The number of hydrogen-bond donors (Lipinski definition) is 0. The monoisotopic (exact) mass is 423 g/mol. The quantitative estimate of drug-likeness (QED) is 0.476. The molecule has 0 atom stereocenters. The van der Waals surface area contributed by atoms with E-state index in [0.29, 0.717) is 9.10 Å². The Kier molecular flexibility index (Phi) is 4.86. The maximum absolute atomic E-state index is 13.5. The van der Waals surface area contributed by atoms with Crippen molar-refractivity contribution in [3.63, 3.8) is 0 Å². The molecule has 0 amide bonds.